The third-order valence-corrected chi connectivity index (χ3v) is 14.2. The number of hydrogen-bond acceptors (Lipinski definition) is 12. The first-order valence-corrected chi connectivity index (χ1v) is 22.6. The average Bonchev–Trinajstić information content (AvgIpc) is 3.68. The molecule has 19 heteroatoms. The third-order valence-electron chi connectivity index (χ3n) is 12.7. The molecule has 4 fully saturated rings. The summed E-state index contributed by atoms with van der Waals surface area (Å²) in [7, 11) is -2.62. The number of halogens is 2. The molecule has 3 amide bonds. The van der Waals surface area contributed by atoms with E-state index >= 15 is 8.78 Å². The number of nitrogens with zero attached hydrogens (tertiary/aromatic N) is 6. The minimum Gasteiger partial charge on any atom is -0.453 e. The van der Waals surface area contributed by atoms with Crippen molar-refractivity contribution in [3.8, 4) is 17.6 Å². The zero-order valence-corrected chi connectivity index (χ0v) is 35.8. The zero-order chi connectivity index (χ0) is 44.5. The average molecular weight is 886 g/mol. The Morgan fingerprint density at radius 1 is 1.03 bits per heavy atom. The molecule has 4 aliphatic heterocycles. The lowest BCUT2D eigenvalue weighted by molar-refractivity contribution is -0.137. The van der Waals surface area contributed by atoms with Gasteiger partial charge in [0, 0.05) is 57.0 Å². The summed E-state index contributed by atoms with van der Waals surface area (Å²) in [4.78, 5) is 50.5. The molecule has 4 aliphatic rings. The second kappa shape index (κ2) is 18.1. The van der Waals surface area contributed by atoms with Gasteiger partial charge in [0.1, 0.15) is 29.2 Å². The zero-order valence-electron chi connectivity index (χ0n) is 35.0. The fourth-order valence-corrected chi connectivity index (χ4v) is 9.79. The number of benzene rings is 3. The van der Waals surface area contributed by atoms with Crippen LogP contribution in [-0.2, 0) is 29.3 Å². The van der Waals surface area contributed by atoms with Gasteiger partial charge in [0.2, 0.25) is 17.7 Å². The molecule has 332 valence electrons. The van der Waals surface area contributed by atoms with E-state index in [-0.39, 0.29) is 59.4 Å². The maximum Gasteiger partial charge on any atom is 0.301 e. The number of fused-ring (bicyclic) bond motifs is 1. The van der Waals surface area contributed by atoms with Gasteiger partial charge < -0.3 is 19.7 Å². The molecule has 1 aromatic heterocycles. The van der Waals surface area contributed by atoms with Gasteiger partial charge >= 0.3 is 10.2 Å². The Hall–Kier alpha value is -5.81. The highest BCUT2D eigenvalue weighted by atomic mass is 32.2. The van der Waals surface area contributed by atoms with Crippen LogP contribution in [0.25, 0.3) is 11.0 Å². The molecule has 3 aromatic carbocycles. The minimum absolute atomic E-state index is 0.0153. The van der Waals surface area contributed by atoms with Crippen LogP contribution in [0.15, 0.2) is 54.7 Å². The van der Waals surface area contributed by atoms with E-state index in [2.05, 4.69) is 25.2 Å². The molecule has 8 rings (SSSR count). The predicted octanol–water partition coefficient (Wildman–Crippen LogP) is 5.14. The number of carbonyl (C=O) groups is 3. The third kappa shape index (κ3) is 9.59. The second-order valence-electron chi connectivity index (χ2n) is 16.7. The summed E-state index contributed by atoms with van der Waals surface area (Å²) < 4.78 is 71.3. The normalized spacial score (nSPS) is 20.8. The Morgan fingerprint density at radius 2 is 1.81 bits per heavy atom. The SMILES string of the molecule is CCN(C)S(=O)(=O)Nc1ccc(F)c(Oc2ccc3ncc([C@@H]4COC5(CCN(C(=O)CN6CCC(c7ccc(NC8CCC(=O)NC8=O)cc7F)CC6)CC5)C4)nc3c2)c1C#N. The van der Waals surface area contributed by atoms with Gasteiger partial charge in [-0.2, -0.15) is 18.0 Å². The summed E-state index contributed by atoms with van der Waals surface area (Å²) in [6.45, 7) is 5.03. The number of amides is 3. The number of likely N-dealkylation sites (tertiary alicyclic amines) is 2. The number of ether oxygens (including phenoxy) is 2. The Labute approximate surface area is 364 Å². The standard InChI is InChI=1S/C44H49F2N9O7S/c1-3-53(2)63(59,60)52-35-9-7-33(45)42(32(35)23-47)62-30-5-8-36-38(21-30)50-39(24-48-36)28-22-44(61-26-28)14-18-55(19-15-44)41(57)25-54-16-12-27(13-17-54)31-6-4-29(20-34(31)46)49-37-10-11-40(56)51-43(37)58/h4-9,20-21,24,27-28,37,49,52H,3,10-19,22,25-26H2,1-2H3,(H,51,56,58)/t28-,37?/m0/s1. The Morgan fingerprint density at radius 3 is 2.52 bits per heavy atom. The number of carbonyl (C=O) groups excluding carboxylic acids is 3. The minimum atomic E-state index is -3.99. The van der Waals surface area contributed by atoms with Crippen LogP contribution in [-0.4, -0.2) is 115 Å². The van der Waals surface area contributed by atoms with Gasteiger partial charge in [0.25, 0.3) is 0 Å². The van der Waals surface area contributed by atoms with Gasteiger partial charge in [-0.1, -0.05) is 13.0 Å². The summed E-state index contributed by atoms with van der Waals surface area (Å²) in [5, 5.41) is 15.2. The first kappa shape index (κ1) is 43.8. The van der Waals surface area contributed by atoms with Crippen LogP contribution >= 0.6 is 0 Å². The molecule has 1 unspecified atom stereocenters. The number of piperidine rings is 3. The van der Waals surface area contributed by atoms with Crippen molar-refractivity contribution in [2.45, 2.75) is 75.3 Å². The van der Waals surface area contributed by atoms with Crippen molar-refractivity contribution in [1.29, 1.82) is 5.26 Å². The van der Waals surface area contributed by atoms with Crippen molar-refractivity contribution < 1.29 is 41.1 Å². The van der Waals surface area contributed by atoms with Crippen LogP contribution in [0.2, 0.25) is 0 Å². The van der Waals surface area contributed by atoms with Gasteiger partial charge in [-0.15, -0.1) is 0 Å². The largest absolute Gasteiger partial charge is 0.453 e. The van der Waals surface area contributed by atoms with E-state index in [9.17, 15) is 28.1 Å². The highest BCUT2D eigenvalue weighted by molar-refractivity contribution is 7.90. The molecule has 2 atom stereocenters. The molecule has 0 radical (unpaired) electrons. The molecule has 0 saturated carbocycles. The summed E-state index contributed by atoms with van der Waals surface area (Å²) in [5.41, 5.74) is 2.05. The van der Waals surface area contributed by atoms with E-state index in [1.807, 2.05) is 11.0 Å². The summed E-state index contributed by atoms with van der Waals surface area (Å²) in [5.74, 6) is -2.13. The molecule has 5 heterocycles. The maximum atomic E-state index is 15.3. The Kier molecular flexibility index (Phi) is 12.6. The molecule has 4 aromatic rings. The molecule has 16 nitrogen and oxygen atoms in total. The summed E-state index contributed by atoms with van der Waals surface area (Å²) in [6.07, 6.45) is 5.81. The van der Waals surface area contributed by atoms with Crippen LogP contribution in [0.4, 0.5) is 20.2 Å². The number of rotatable bonds is 12. The van der Waals surface area contributed by atoms with Crippen molar-refractivity contribution >= 4 is 50.3 Å². The van der Waals surface area contributed by atoms with E-state index in [4.69, 9.17) is 14.5 Å². The molecule has 0 aliphatic carbocycles. The number of hydrogen-bond donors (Lipinski definition) is 3. The second-order valence-corrected chi connectivity index (χ2v) is 18.5. The molecule has 4 saturated heterocycles. The number of nitrogens with one attached hydrogen (secondary N) is 3. The van der Waals surface area contributed by atoms with Gasteiger partial charge in [-0.05, 0) is 99.5 Å². The topological polar surface area (TPSA) is 199 Å². The first-order valence-electron chi connectivity index (χ1n) is 21.2. The number of nitriles is 1. The van der Waals surface area contributed by atoms with Crippen molar-refractivity contribution in [2.24, 2.45) is 0 Å². The van der Waals surface area contributed by atoms with Crippen LogP contribution in [0.5, 0.6) is 11.5 Å². The molecular formula is C44H49F2N9O7S. The maximum absolute atomic E-state index is 15.3. The number of imide groups is 1. The molecule has 0 bridgehead atoms. The van der Waals surface area contributed by atoms with E-state index in [0.717, 1.165) is 16.1 Å². The highest BCUT2D eigenvalue weighted by Crippen LogP contribution is 2.43. The molecule has 63 heavy (non-hydrogen) atoms. The van der Waals surface area contributed by atoms with E-state index in [1.54, 1.807) is 43.5 Å². The lowest BCUT2D eigenvalue weighted by atomic mass is 9.84. The van der Waals surface area contributed by atoms with Gasteiger partial charge in [0.05, 0.1) is 41.2 Å². The number of aromatic nitrogens is 2. The Bertz CT molecular complexity index is 2580. The van der Waals surface area contributed by atoms with E-state index < -0.39 is 39.3 Å². The van der Waals surface area contributed by atoms with Crippen molar-refractivity contribution in [3.05, 3.63) is 83.2 Å². The van der Waals surface area contributed by atoms with Crippen LogP contribution < -0.4 is 20.1 Å². The molecular weight excluding hydrogens is 837 g/mol. The van der Waals surface area contributed by atoms with Crippen molar-refractivity contribution in [1.82, 2.24) is 29.4 Å². The lowest BCUT2D eigenvalue weighted by Gasteiger charge is -2.40. The van der Waals surface area contributed by atoms with Crippen LogP contribution in [0, 0.1) is 23.0 Å². The van der Waals surface area contributed by atoms with Gasteiger partial charge in [-0.25, -0.2) is 13.8 Å². The van der Waals surface area contributed by atoms with Crippen molar-refractivity contribution in [3.63, 3.8) is 0 Å². The van der Waals surface area contributed by atoms with Crippen LogP contribution in [0.1, 0.15) is 80.5 Å². The predicted molar refractivity (Wildman–Crippen MR) is 228 cm³/mol. The van der Waals surface area contributed by atoms with E-state index in [0.29, 0.717) is 100 Å². The smallest absolute Gasteiger partial charge is 0.301 e. The fraction of sp³-hybridized carbons (Fsp3) is 0.455. The van der Waals surface area contributed by atoms with Gasteiger partial charge in [0.15, 0.2) is 11.6 Å². The summed E-state index contributed by atoms with van der Waals surface area (Å²) in [6, 6.07) is 13.2. The highest BCUT2D eigenvalue weighted by Gasteiger charge is 2.44. The Balaban J connectivity index is 0.831. The van der Waals surface area contributed by atoms with Crippen LogP contribution in [0.3, 0.4) is 0 Å². The molecule has 3 N–H and O–H groups in total. The van der Waals surface area contributed by atoms with Gasteiger partial charge in [-0.3, -0.25) is 34.3 Å². The monoisotopic (exact) mass is 885 g/mol. The number of anilines is 2. The van der Waals surface area contributed by atoms with E-state index in [1.165, 1.54) is 19.2 Å². The molecule has 1 spiro atoms. The quantitative estimate of drug-likeness (QED) is 0.159. The lowest BCUT2D eigenvalue weighted by Crippen LogP contribution is -2.50. The summed E-state index contributed by atoms with van der Waals surface area (Å²) >= 11 is 0. The fourth-order valence-electron chi connectivity index (χ4n) is 8.84. The first-order chi connectivity index (χ1) is 30.2. The van der Waals surface area contributed by atoms with Crippen molar-refractivity contribution in [2.75, 3.05) is 63.0 Å².